The van der Waals surface area contributed by atoms with Gasteiger partial charge in [-0.25, -0.2) is 4.39 Å². The van der Waals surface area contributed by atoms with Crippen molar-refractivity contribution in [3.05, 3.63) is 29.6 Å². The van der Waals surface area contributed by atoms with E-state index >= 15 is 0 Å². The second-order valence-corrected chi connectivity index (χ2v) is 5.15. The van der Waals surface area contributed by atoms with Gasteiger partial charge < -0.3 is 15.2 Å². The summed E-state index contributed by atoms with van der Waals surface area (Å²) in [5, 5.41) is 13.5. The maximum absolute atomic E-state index is 13.3. The van der Waals surface area contributed by atoms with Crippen LogP contribution >= 0.6 is 0 Å². The Morgan fingerprint density at radius 2 is 1.95 bits per heavy atom. The van der Waals surface area contributed by atoms with E-state index in [9.17, 15) is 9.50 Å². The molecule has 4 heteroatoms. The molecule has 0 unspecified atom stereocenters. The van der Waals surface area contributed by atoms with Gasteiger partial charge in [-0.15, -0.1) is 0 Å². The third-order valence-electron chi connectivity index (χ3n) is 3.58. The SMILES string of the molecule is CCCNCc1cc(F)ccc1OCC(O)(CC)CC. The van der Waals surface area contributed by atoms with Gasteiger partial charge in [0.25, 0.3) is 0 Å². The third kappa shape index (κ3) is 5.10. The van der Waals surface area contributed by atoms with Crippen molar-refractivity contribution in [2.45, 2.75) is 52.2 Å². The van der Waals surface area contributed by atoms with Crippen molar-refractivity contribution in [3.8, 4) is 5.75 Å². The maximum Gasteiger partial charge on any atom is 0.124 e. The Morgan fingerprint density at radius 1 is 1.25 bits per heavy atom. The number of aliphatic hydroxyl groups is 1. The van der Waals surface area contributed by atoms with Gasteiger partial charge in [-0.3, -0.25) is 0 Å². The van der Waals surface area contributed by atoms with E-state index < -0.39 is 5.60 Å². The van der Waals surface area contributed by atoms with Gasteiger partial charge in [-0.05, 0) is 44.0 Å². The molecule has 0 aliphatic heterocycles. The number of ether oxygens (including phenoxy) is 1. The summed E-state index contributed by atoms with van der Waals surface area (Å²) in [4.78, 5) is 0. The molecule has 2 N–H and O–H groups in total. The van der Waals surface area contributed by atoms with E-state index in [1.54, 1.807) is 6.07 Å². The molecule has 3 nitrogen and oxygen atoms in total. The molecule has 0 radical (unpaired) electrons. The van der Waals surface area contributed by atoms with Crippen LogP contribution in [-0.4, -0.2) is 23.9 Å². The van der Waals surface area contributed by atoms with Crippen LogP contribution in [0.15, 0.2) is 18.2 Å². The largest absolute Gasteiger partial charge is 0.490 e. The molecule has 1 rings (SSSR count). The normalized spacial score (nSPS) is 11.7. The van der Waals surface area contributed by atoms with E-state index in [-0.39, 0.29) is 12.4 Å². The predicted octanol–water partition coefficient (Wildman–Crippen LogP) is 3.26. The van der Waals surface area contributed by atoms with Crippen LogP contribution in [0.3, 0.4) is 0 Å². The quantitative estimate of drug-likeness (QED) is 0.684. The first-order valence-electron chi connectivity index (χ1n) is 7.39. The predicted molar refractivity (Wildman–Crippen MR) is 79.4 cm³/mol. The number of hydrogen-bond donors (Lipinski definition) is 2. The Kier molecular flexibility index (Phi) is 6.96. The monoisotopic (exact) mass is 283 g/mol. The molecule has 0 spiro atoms. The first kappa shape index (κ1) is 16.9. The average Bonchev–Trinajstić information content (AvgIpc) is 2.46. The molecule has 1 aromatic carbocycles. The molecule has 114 valence electrons. The van der Waals surface area contributed by atoms with Crippen LogP contribution in [0.1, 0.15) is 45.6 Å². The van der Waals surface area contributed by atoms with Gasteiger partial charge in [0.2, 0.25) is 0 Å². The molecule has 0 atom stereocenters. The van der Waals surface area contributed by atoms with Crippen LogP contribution < -0.4 is 10.1 Å². The van der Waals surface area contributed by atoms with E-state index in [2.05, 4.69) is 12.2 Å². The minimum atomic E-state index is -0.817. The standard InChI is InChI=1S/C16H26FNO2/c1-4-9-18-11-13-10-14(17)7-8-15(13)20-12-16(19,5-2)6-3/h7-8,10,18-19H,4-6,9,11-12H2,1-3H3. The summed E-state index contributed by atoms with van der Waals surface area (Å²) in [7, 11) is 0. The Labute approximate surface area is 121 Å². The first-order valence-corrected chi connectivity index (χ1v) is 7.39. The summed E-state index contributed by atoms with van der Waals surface area (Å²) in [6.07, 6.45) is 2.29. The fourth-order valence-electron chi connectivity index (χ4n) is 1.89. The van der Waals surface area contributed by atoms with E-state index in [1.165, 1.54) is 12.1 Å². The van der Waals surface area contributed by atoms with Crippen molar-refractivity contribution >= 4 is 0 Å². The summed E-state index contributed by atoms with van der Waals surface area (Å²) in [6.45, 7) is 7.62. The van der Waals surface area contributed by atoms with E-state index in [0.717, 1.165) is 18.5 Å². The van der Waals surface area contributed by atoms with E-state index in [0.29, 0.717) is 25.1 Å². The molecule has 0 aromatic heterocycles. The van der Waals surface area contributed by atoms with Crippen molar-refractivity contribution in [3.63, 3.8) is 0 Å². The summed E-state index contributed by atoms with van der Waals surface area (Å²) >= 11 is 0. The van der Waals surface area contributed by atoms with Crippen LogP contribution in [0.2, 0.25) is 0 Å². The molecule has 0 saturated carbocycles. The molecule has 0 bridgehead atoms. The molecule has 0 aliphatic carbocycles. The topological polar surface area (TPSA) is 41.5 Å². The second kappa shape index (κ2) is 8.22. The van der Waals surface area contributed by atoms with Gasteiger partial charge in [0, 0.05) is 12.1 Å². The summed E-state index contributed by atoms with van der Waals surface area (Å²) in [5.41, 5.74) is -0.0318. The molecule has 0 heterocycles. The van der Waals surface area contributed by atoms with E-state index in [4.69, 9.17) is 4.74 Å². The lowest BCUT2D eigenvalue weighted by atomic mass is 9.99. The maximum atomic E-state index is 13.3. The highest BCUT2D eigenvalue weighted by atomic mass is 19.1. The first-order chi connectivity index (χ1) is 9.54. The number of nitrogens with one attached hydrogen (secondary N) is 1. The summed E-state index contributed by atoms with van der Waals surface area (Å²) in [5.74, 6) is 0.363. The highest BCUT2D eigenvalue weighted by Gasteiger charge is 2.23. The van der Waals surface area contributed by atoms with Gasteiger partial charge in [0.05, 0.1) is 5.60 Å². The number of rotatable bonds is 9. The lowest BCUT2D eigenvalue weighted by Gasteiger charge is -2.25. The highest BCUT2D eigenvalue weighted by molar-refractivity contribution is 5.34. The van der Waals surface area contributed by atoms with Crippen LogP contribution in [-0.2, 0) is 6.54 Å². The molecular formula is C16H26FNO2. The van der Waals surface area contributed by atoms with Crippen LogP contribution in [0.5, 0.6) is 5.75 Å². The van der Waals surface area contributed by atoms with Crippen LogP contribution in [0.25, 0.3) is 0 Å². The third-order valence-corrected chi connectivity index (χ3v) is 3.58. The van der Waals surface area contributed by atoms with Crippen molar-refractivity contribution in [2.24, 2.45) is 0 Å². The lowest BCUT2D eigenvalue weighted by molar-refractivity contribution is -0.0116. The Morgan fingerprint density at radius 3 is 2.55 bits per heavy atom. The van der Waals surface area contributed by atoms with Gasteiger partial charge in [-0.2, -0.15) is 0 Å². The van der Waals surface area contributed by atoms with Gasteiger partial charge in [0.1, 0.15) is 18.2 Å². The Hall–Kier alpha value is -1.13. The highest BCUT2D eigenvalue weighted by Crippen LogP contribution is 2.23. The zero-order valence-corrected chi connectivity index (χ0v) is 12.7. The molecule has 20 heavy (non-hydrogen) atoms. The summed E-state index contributed by atoms with van der Waals surface area (Å²) in [6, 6.07) is 4.49. The Bertz CT molecular complexity index is 405. The van der Waals surface area contributed by atoms with Crippen LogP contribution in [0.4, 0.5) is 4.39 Å². The minimum absolute atomic E-state index is 0.229. The number of benzene rings is 1. The molecule has 0 aliphatic rings. The number of halogens is 1. The van der Waals surface area contributed by atoms with Crippen molar-refractivity contribution in [1.82, 2.24) is 5.32 Å². The smallest absolute Gasteiger partial charge is 0.124 e. The van der Waals surface area contributed by atoms with Crippen molar-refractivity contribution in [1.29, 1.82) is 0 Å². The Balaban J connectivity index is 2.73. The van der Waals surface area contributed by atoms with E-state index in [1.807, 2.05) is 13.8 Å². The minimum Gasteiger partial charge on any atom is -0.490 e. The molecular weight excluding hydrogens is 257 g/mol. The summed E-state index contributed by atoms with van der Waals surface area (Å²) < 4.78 is 19.0. The van der Waals surface area contributed by atoms with Crippen LogP contribution in [0, 0.1) is 5.82 Å². The number of hydrogen-bond acceptors (Lipinski definition) is 3. The molecule has 0 amide bonds. The molecule has 0 saturated heterocycles. The van der Waals surface area contributed by atoms with Gasteiger partial charge >= 0.3 is 0 Å². The molecule has 1 aromatic rings. The zero-order valence-electron chi connectivity index (χ0n) is 12.7. The fraction of sp³-hybridized carbons (Fsp3) is 0.625. The van der Waals surface area contributed by atoms with Gasteiger partial charge in [-0.1, -0.05) is 20.8 Å². The fourth-order valence-corrected chi connectivity index (χ4v) is 1.89. The average molecular weight is 283 g/mol. The van der Waals surface area contributed by atoms with Crippen molar-refractivity contribution < 1.29 is 14.2 Å². The van der Waals surface area contributed by atoms with Crippen molar-refractivity contribution in [2.75, 3.05) is 13.2 Å². The molecule has 0 fully saturated rings. The lowest BCUT2D eigenvalue weighted by Crippen LogP contribution is -2.34. The second-order valence-electron chi connectivity index (χ2n) is 5.15. The zero-order chi connectivity index (χ0) is 15.0. The van der Waals surface area contributed by atoms with Gasteiger partial charge in [0.15, 0.2) is 0 Å².